The molecule has 0 radical (unpaired) electrons. The Morgan fingerprint density at radius 1 is 1.00 bits per heavy atom. The molecule has 1 unspecified atom stereocenters. The highest BCUT2D eigenvalue weighted by atomic mass is 35.5. The molecule has 1 N–H and O–H groups in total. The number of anilines is 1. The number of methoxy groups -OCH3 is 1. The molecule has 0 aromatic heterocycles. The highest BCUT2D eigenvalue weighted by Crippen LogP contribution is 2.32. The van der Waals surface area contributed by atoms with E-state index in [-0.39, 0.29) is 34.1 Å². The smallest absolute Gasteiger partial charge is 0.264 e. The lowest BCUT2D eigenvalue weighted by atomic mass is 9.95. The maximum absolute atomic E-state index is 14.1. The highest BCUT2D eigenvalue weighted by Gasteiger charge is 2.33. The summed E-state index contributed by atoms with van der Waals surface area (Å²) in [6, 6.07) is 19.6. The van der Waals surface area contributed by atoms with Crippen molar-refractivity contribution < 1.29 is 22.7 Å². The summed E-state index contributed by atoms with van der Waals surface area (Å²) in [6.45, 7) is 3.15. The van der Waals surface area contributed by atoms with Crippen LogP contribution in [0.1, 0.15) is 50.2 Å². The van der Waals surface area contributed by atoms with Crippen molar-refractivity contribution in [1.29, 1.82) is 0 Å². The van der Waals surface area contributed by atoms with E-state index in [0.717, 1.165) is 47.5 Å². The fraction of sp³-hybridized carbons (Fsp3) is 0.375. The van der Waals surface area contributed by atoms with Gasteiger partial charge in [-0.05, 0) is 62.6 Å². The Morgan fingerprint density at radius 3 is 2.29 bits per heavy atom. The van der Waals surface area contributed by atoms with Crippen LogP contribution in [0.3, 0.4) is 0 Å². The third-order valence-corrected chi connectivity index (χ3v) is 9.71. The van der Waals surface area contributed by atoms with Gasteiger partial charge in [0.25, 0.3) is 10.0 Å². The lowest BCUT2D eigenvalue weighted by Crippen LogP contribution is -2.53. The molecule has 0 bridgehead atoms. The van der Waals surface area contributed by atoms with Crippen LogP contribution >= 0.6 is 11.6 Å². The van der Waals surface area contributed by atoms with Crippen LogP contribution in [0.25, 0.3) is 0 Å². The summed E-state index contributed by atoms with van der Waals surface area (Å²) in [5.74, 6) is -0.405. The highest BCUT2D eigenvalue weighted by molar-refractivity contribution is 7.92. The molecule has 1 aliphatic carbocycles. The van der Waals surface area contributed by atoms with Crippen LogP contribution in [0.2, 0.25) is 5.02 Å². The van der Waals surface area contributed by atoms with Gasteiger partial charge in [-0.1, -0.05) is 78.9 Å². The SMILES string of the molecule is COc1ccc(N(CC(=O)N(Cc2ccccc2)C(C)C(=O)NC2CCCCC2)S(=O)(=O)c2ccc(C)cc2)cc1Cl. The third-order valence-electron chi connectivity index (χ3n) is 7.63. The lowest BCUT2D eigenvalue weighted by molar-refractivity contribution is -0.139. The molecule has 0 aliphatic heterocycles. The van der Waals surface area contributed by atoms with Gasteiger partial charge in [0.15, 0.2) is 0 Å². The second-order valence-corrected chi connectivity index (χ2v) is 12.9. The van der Waals surface area contributed by atoms with Crippen molar-refractivity contribution in [2.75, 3.05) is 18.0 Å². The maximum Gasteiger partial charge on any atom is 0.264 e. The maximum atomic E-state index is 14.1. The Morgan fingerprint density at radius 2 is 1.67 bits per heavy atom. The van der Waals surface area contributed by atoms with Gasteiger partial charge in [-0.3, -0.25) is 13.9 Å². The molecular formula is C32H38ClN3O5S. The molecule has 0 heterocycles. The number of benzene rings is 3. The number of nitrogens with one attached hydrogen (secondary N) is 1. The van der Waals surface area contributed by atoms with Crippen LogP contribution < -0.4 is 14.4 Å². The first-order valence-corrected chi connectivity index (χ1v) is 16.0. The quantitative estimate of drug-likeness (QED) is 0.299. The second kappa shape index (κ2) is 14.1. The van der Waals surface area contributed by atoms with Gasteiger partial charge in [0.2, 0.25) is 11.8 Å². The summed E-state index contributed by atoms with van der Waals surface area (Å²) in [6.07, 6.45) is 5.09. The predicted octanol–water partition coefficient (Wildman–Crippen LogP) is 5.72. The van der Waals surface area contributed by atoms with E-state index in [1.54, 1.807) is 31.2 Å². The molecule has 8 nitrogen and oxygen atoms in total. The fourth-order valence-corrected chi connectivity index (χ4v) is 6.77. The zero-order chi connectivity index (χ0) is 30.3. The summed E-state index contributed by atoms with van der Waals surface area (Å²) in [4.78, 5) is 29.0. The average Bonchev–Trinajstić information content (AvgIpc) is 2.99. The van der Waals surface area contributed by atoms with Gasteiger partial charge in [-0.15, -0.1) is 0 Å². The number of aryl methyl sites for hydroxylation is 1. The monoisotopic (exact) mass is 611 g/mol. The van der Waals surface area contributed by atoms with Gasteiger partial charge in [0, 0.05) is 12.6 Å². The minimum atomic E-state index is -4.19. The van der Waals surface area contributed by atoms with E-state index in [0.29, 0.717) is 5.75 Å². The Hall–Kier alpha value is -3.56. The van der Waals surface area contributed by atoms with Crippen LogP contribution in [-0.4, -0.2) is 50.9 Å². The minimum absolute atomic E-state index is 0.0329. The molecule has 2 amide bonds. The Labute approximate surface area is 253 Å². The molecule has 3 aromatic rings. The van der Waals surface area contributed by atoms with Crippen LogP contribution in [-0.2, 0) is 26.2 Å². The number of amides is 2. The van der Waals surface area contributed by atoms with Crippen LogP contribution in [0, 0.1) is 6.92 Å². The molecule has 1 aliphatic rings. The number of sulfonamides is 1. The number of nitrogens with zero attached hydrogens (tertiary/aromatic N) is 2. The Kier molecular flexibility index (Phi) is 10.5. The summed E-state index contributed by atoms with van der Waals surface area (Å²) in [5, 5.41) is 3.31. The van der Waals surface area contributed by atoms with Gasteiger partial charge in [0.1, 0.15) is 18.3 Å². The van der Waals surface area contributed by atoms with E-state index in [9.17, 15) is 18.0 Å². The van der Waals surface area contributed by atoms with E-state index < -0.39 is 28.5 Å². The molecule has 4 rings (SSSR count). The fourth-order valence-electron chi connectivity index (χ4n) is 5.11. The Balaban J connectivity index is 1.69. The van der Waals surface area contributed by atoms with Crippen molar-refractivity contribution in [3.63, 3.8) is 0 Å². The van der Waals surface area contributed by atoms with Crippen LogP contribution in [0.4, 0.5) is 5.69 Å². The molecule has 1 saturated carbocycles. The number of carbonyl (C=O) groups is 2. The standard InChI is InChI=1S/C32H38ClN3O5S/c1-23-14-17-28(18-15-23)42(39,40)36(27-16-19-30(41-3)29(33)20-27)22-31(37)35(21-25-10-6-4-7-11-25)24(2)32(38)34-26-12-8-5-9-13-26/h4,6-7,10-11,14-20,24,26H,5,8-9,12-13,21-22H2,1-3H3,(H,34,38). The summed E-state index contributed by atoms with van der Waals surface area (Å²) in [5.41, 5.74) is 1.92. The first-order valence-electron chi connectivity index (χ1n) is 14.2. The molecule has 42 heavy (non-hydrogen) atoms. The number of halogens is 1. The van der Waals surface area contributed by atoms with Gasteiger partial charge >= 0.3 is 0 Å². The number of hydrogen-bond acceptors (Lipinski definition) is 5. The molecular weight excluding hydrogens is 574 g/mol. The average molecular weight is 612 g/mol. The van der Waals surface area contributed by atoms with Gasteiger partial charge in [0.05, 0.1) is 22.7 Å². The number of hydrogen-bond donors (Lipinski definition) is 1. The molecule has 10 heteroatoms. The van der Waals surface area contributed by atoms with Crippen molar-refractivity contribution in [1.82, 2.24) is 10.2 Å². The van der Waals surface area contributed by atoms with E-state index in [1.165, 1.54) is 30.2 Å². The van der Waals surface area contributed by atoms with Crippen molar-refractivity contribution in [3.8, 4) is 5.75 Å². The van der Waals surface area contributed by atoms with E-state index in [2.05, 4.69) is 5.32 Å². The molecule has 0 spiro atoms. The largest absolute Gasteiger partial charge is 0.495 e. The molecule has 0 saturated heterocycles. The Bertz CT molecular complexity index is 1480. The van der Waals surface area contributed by atoms with Crippen molar-refractivity contribution in [2.45, 2.75) is 69.5 Å². The normalized spacial score (nSPS) is 14.6. The van der Waals surface area contributed by atoms with E-state index in [4.69, 9.17) is 16.3 Å². The number of rotatable bonds is 11. The summed E-state index contributed by atoms with van der Waals surface area (Å²) < 4.78 is 34.3. The van der Waals surface area contributed by atoms with E-state index >= 15 is 0 Å². The second-order valence-electron chi connectivity index (χ2n) is 10.7. The van der Waals surface area contributed by atoms with E-state index in [1.807, 2.05) is 37.3 Å². The number of ether oxygens (including phenoxy) is 1. The summed E-state index contributed by atoms with van der Waals surface area (Å²) in [7, 11) is -2.73. The van der Waals surface area contributed by atoms with Gasteiger partial charge < -0.3 is 15.0 Å². The molecule has 224 valence electrons. The zero-order valence-electron chi connectivity index (χ0n) is 24.3. The van der Waals surface area contributed by atoms with Crippen LogP contribution in [0.5, 0.6) is 5.75 Å². The molecule has 1 fully saturated rings. The topological polar surface area (TPSA) is 96.0 Å². The first kappa shape index (κ1) is 31.4. The third kappa shape index (κ3) is 7.63. The lowest BCUT2D eigenvalue weighted by Gasteiger charge is -2.33. The van der Waals surface area contributed by atoms with Gasteiger partial charge in [-0.25, -0.2) is 8.42 Å². The zero-order valence-corrected chi connectivity index (χ0v) is 25.8. The van der Waals surface area contributed by atoms with Crippen molar-refractivity contribution in [3.05, 3.63) is 88.9 Å². The minimum Gasteiger partial charge on any atom is -0.495 e. The van der Waals surface area contributed by atoms with Crippen LogP contribution in [0.15, 0.2) is 77.7 Å². The summed E-state index contributed by atoms with van der Waals surface area (Å²) >= 11 is 6.39. The molecule has 1 atom stereocenters. The number of carbonyl (C=O) groups excluding carboxylic acids is 2. The van der Waals surface area contributed by atoms with Crippen molar-refractivity contribution >= 4 is 39.1 Å². The molecule has 3 aromatic carbocycles. The van der Waals surface area contributed by atoms with Crippen molar-refractivity contribution in [2.24, 2.45) is 0 Å². The van der Waals surface area contributed by atoms with Gasteiger partial charge in [-0.2, -0.15) is 0 Å². The first-order chi connectivity index (χ1) is 20.1. The predicted molar refractivity (Wildman–Crippen MR) is 165 cm³/mol.